The summed E-state index contributed by atoms with van der Waals surface area (Å²) < 4.78 is 6.44. The number of fused-ring (bicyclic) bond motifs is 2. The quantitative estimate of drug-likeness (QED) is 0.844. The van der Waals surface area contributed by atoms with E-state index in [1.54, 1.807) is 0 Å². The zero-order valence-corrected chi connectivity index (χ0v) is 13.6. The van der Waals surface area contributed by atoms with E-state index in [4.69, 9.17) is 10.5 Å². The highest BCUT2D eigenvalue weighted by molar-refractivity contribution is 5.48. The number of benzene rings is 1. The van der Waals surface area contributed by atoms with Crippen molar-refractivity contribution in [3.63, 3.8) is 0 Å². The van der Waals surface area contributed by atoms with Crippen molar-refractivity contribution in [2.75, 3.05) is 12.8 Å². The van der Waals surface area contributed by atoms with E-state index in [2.05, 4.69) is 24.1 Å². The molecule has 0 radical (unpaired) electrons. The molecule has 3 nitrogen and oxygen atoms in total. The third-order valence-electron chi connectivity index (χ3n) is 5.95. The van der Waals surface area contributed by atoms with Crippen LogP contribution in [0.1, 0.15) is 50.5 Å². The van der Waals surface area contributed by atoms with Crippen LogP contribution < -0.4 is 10.5 Å². The van der Waals surface area contributed by atoms with Crippen LogP contribution in [0, 0.1) is 5.92 Å². The molecular formula is C19H28N2O. The second kappa shape index (κ2) is 5.77. The summed E-state index contributed by atoms with van der Waals surface area (Å²) in [6, 6.07) is 7.67. The monoisotopic (exact) mass is 300 g/mol. The first-order chi connectivity index (χ1) is 10.7. The molecule has 1 saturated carbocycles. The molecule has 120 valence electrons. The molecule has 3 heteroatoms. The van der Waals surface area contributed by atoms with Crippen molar-refractivity contribution in [2.45, 2.75) is 69.6 Å². The summed E-state index contributed by atoms with van der Waals surface area (Å²) in [5.41, 5.74) is 8.17. The summed E-state index contributed by atoms with van der Waals surface area (Å²) in [5, 5.41) is 0. The Morgan fingerprint density at radius 3 is 2.55 bits per heavy atom. The smallest absolute Gasteiger partial charge is 0.123 e. The number of hydrogen-bond donors (Lipinski definition) is 1. The lowest BCUT2D eigenvalue weighted by Gasteiger charge is -2.36. The average Bonchev–Trinajstić information content (AvgIpc) is 3.29. The number of nitrogens with zero attached hydrogens (tertiary/aromatic N) is 1. The Hall–Kier alpha value is -1.22. The van der Waals surface area contributed by atoms with Gasteiger partial charge in [-0.2, -0.15) is 0 Å². The molecule has 4 rings (SSSR count). The lowest BCUT2D eigenvalue weighted by atomic mass is 10.00. The van der Waals surface area contributed by atoms with Gasteiger partial charge in [0.1, 0.15) is 11.9 Å². The van der Waals surface area contributed by atoms with Crippen LogP contribution in [0.15, 0.2) is 18.2 Å². The first-order valence-corrected chi connectivity index (χ1v) is 8.96. The van der Waals surface area contributed by atoms with Gasteiger partial charge in [-0.05, 0) is 75.3 Å². The second-order valence-corrected chi connectivity index (χ2v) is 7.61. The Morgan fingerprint density at radius 1 is 1.14 bits per heavy atom. The Morgan fingerprint density at radius 2 is 1.86 bits per heavy atom. The van der Waals surface area contributed by atoms with Gasteiger partial charge in [-0.15, -0.1) is 0 Å². The minimum Gasteiger partial charge on any atom is -0.490 e. The second-order valence-electron chi connectivity index (χ2n) is 7.61. The highest BCUT2D eigenvalue weighted by Crippen LogP contribution is 2.38. The van der Waals surface area contributed by atoms with Crippen LogP contribution in [-0.4, -0.2) is 30.1 Å². The molecule has 2 heterocycles. The molecule has 3 aliphatic rings. The van der Waals surface area contributed by atoms with E-state index in [0.29, 0.717) is 6.10 Å². The Bertz CT molecular complexity index is 526. The SMILES string of the molecule is CN1C2CCC1CC(Oc1ccc(N)cc1CCC1CC1)C2. The molecule has 2 unspecified atom stereocenters. The van der Waals surface area contributed by atoms with Crippen LogP contribution in [0.2, 0.25) is 0 Å². The number of anilines is 1. The van der Waals surface area contributed by atoms with E-state index < -0.39 is 0 Å². The fourth-order valence-corrected chi connectivity index (χ4v) is 4.31. The molecular weight excluding hydrogens is 272 g/mol. The molecule has 2 N–H and O–H groups in total. The highest BCUT2D eigenvalue weighted by atomic mass is 16.5. The van der Waals surface area contributed by atoms with Crippen LogP contribution in [0.25, 0.3) is 0 Å². The molecule has 3 fully saturated rings. The van der Waals surface area contributed by atoms with Crippen molar-refractivity contribution in [1.29, 1.82) is 0 Å². The van der Waals surface area contributed by atoms with Crippen LogP contribution >= 0.6 is 0 Å². The van der Waals surface area contributed by atoms with Gasteiger partial charge in [-0.25, -0.2) is 0 Å². The third-order valence-corrected chi connectivity index (χ3v) is 5.95. The number of aryl methyl sites for hydroxylation is 1. The van der Waals surface area contributed by atoms with Crippen molar-refractivity contribution >= 4 is 5.69 Å². The first kappa shape index (κ1) is 14.4. The minimum absolute atomic E-state index is 0.386. The largest absolute Gasteiger partial charge is 0.490 e. The molecule has 0 aromatic heterocycles. The van der Waals surface area contributed by atoms with Gasteiger partial charge in [0.15, 0.2) is 0 Å². The highest BCUT2D eigenvalue weighted by Gasteiger charge is 2.39. The molecule has 1 aromatic carbocycles. The predicted octanol–water partition coefficient (Wildman–Crippen LogP) is 3.62. The van der Waals surface area contributed by atoms with Gasteiger partial charge in [0.25, 0.3) is 0 Å². The summed E-state index contributed by atoms with van der Waals surface area (Å²) in [4.78, 5) is 2.57. The molecule has 2 bridgehead atoms. The normalized spacial score (nSPS) is 31.4. The van der Waals surface area contributed by atoms with E-state index >= 15 is 0 Å². The van der Waals surface area contributed by atoms with Crippen molar-refractivity contribution in [3.8, 4) is 5.75 Å². The van der Waals surface area contributed by atoms with E-state index in [9.17, 15) is 0 Å². The molecule has 0 spiro atoms. The number of nitrogens with two attached hydrogens (primary N) is 1. The lowest BCUT2D eigenvalue weighted by molar-refractivity contribution is 0.0655. The standard InChI is InChI=1S/C19H28N2O/c1-21-16-7-8-17(21)12-18(11-16)22-19-9-6-15(20)10-14(19)5-4-13-2-3-13/h6,9-10,13,16-18H,2-5,7-8,11-12,20H2,1H3. The van der Waals surface area contributed by atoms with Crippen LogP contribution in [0.3, 0.4) is 0 Å². The summed E-state index contributed by atoms with van der Waals surface area (Å²) in [5.74, 6) is 2.04. The summed E-state index contributed by atoms with van der Waals surface area (Å²) in [6.45, 7) is 0. The average molecular weight is 300 g/mol. The molecule has 22 heavy (non-hydrogen) atoms. The zero-order valence-electron chi connectivity index (χ0n) is 13.6. The topological polar surface area (TPSA) is 38.5 Å². The van der Waals surface area contributed by atoms with Crippen LogP contribution in [0.5, 0.6) is 5.75 Å². The summed E-state index contributed by atoms with van der Waals surface area (Å²) in [6.07, 6.45) is 10.7. The summed E-state index contributed by atoms with van der Waals surface area (Å²) in [7, 11) is 2.28. The van der Waals surface area contributed by atoms with E-state index in [1.165, 1.54) is 50.5 Å². The molecule has 1 aromatic rings. The Balaban J connectivity index is 1.45. The Labute approximate surface area is 133 Å². The van der Waals surface area contributed by atoms with Gasteiger partial charge < -0.3 is 15.4 Å². The summed E-state index contributed by atoms with van der Waals surface area (Å²) >= 11 is 0. The van der Waals surface area contributed by atoms with E-state index in [1.807, 2.05) is 6.07 Å². The van der Waals surface area contributed by atoms with Gasteiger partial charge in [-0.3, -0.25) is 0 Å². The molecule has 0 amide bonds. The predicted molar refractivity (Wildman–Crippen MR) is 90.1 cm³/mol. The maximum atomic E-state index is 6.44. The molecule has 2 atom stereocenters. The van der Waals surface area contributed by atoms with Crippen molar-refractivity contribution in [1.82, 2.24) is 4.90 Å². The number of piperidine rings is 1. The maximum Gasteiger partial charge on any atom is 0.123 e. The lowest BCUT2D eigenvalue weighted by Crippen LogP contribution is -2.43. The minimum atomic E-state index is 0.386. The van der Waals surface area contributed by atoms with Gasteiger partial charge in [0.2, 0.25) is 0 Å². The Kier molecular flexibility index (Phi) is 3.77. The van der Waals surface area contributed by atoms with Crippen molar-refractivity contribution in [2.24, 2.45) is 5.92 Å². The van der Waals surface area contributed by atoms with Gasteiger partial charge in [0, 0.05) is 17.8 Å². The van der Waals surface area contributed by atoms with Crippen LogP contribution in [-0.2, 0) is 6.42 Å². The molecule has 1 aliphatic carbocycles. The van der Waals surface area contributed by atoms with E-state index in [-0.39, 0.29) is 0 Å². The zero-order chi connectivity index (χ0) is 15.1. The number of nitrogen functional groups attached to an aromatic ring is 1. The van der Waals surface area contributed by atoms with Gasteiger partial charge >= 0.3 is 0 Å². The number of hydrogen-bond acceptors (Lipinski definition) is 3. The maximum absolute atomic E-state index is 6.44. The van der Waals surface area contributed by atoms with Gasteiger partial charge in [0.05, 0.1) is 0 Å². The fourth-order valence-electron chi connectivity index (χ4n) is 4.31. The van der Waals surface area contributed by atoms with Gasteiger partial charge in [-0.1, -0.05) is 12.8 Å². The van der Waals surface area contributed by atoms with Crippen molar-refractivity contribution in [3.05, 3.63) is 23.8 Å². The molecule has 2 saturated heterocycles. The van der Waals surface area contributed by atoms with E-state index in [0.717, 1.165) is 35.9 Å². The number of rotatable bonds is 5. The number of ether oxygens (including phenoxy) is 1. The van der Waals surface area contributed by atoms with Crippen LogP contribution in [0.4, 0.5) is 5.69 Å². The third kappa shape index (κ3) is 2.96. The first-order valence-electron chi connectivity index (χ1n) is 8.96. The molecule has 2 aliphatic heterocycles. The van der Waals surface area contributed by atoms with Crippen molar-refractivity contribution < 1.29 is 4.74 Å². The fraction of sp³-hybridized carbons (Fsp3) is 0.684.